The van der Waals surface area contributed by atoms with Crippen molar-refractivity contribution in [1.29, 1.82) is 0 Å². The number of fused-ring (bicyclic) bond motifs is 1. The van der Waals surface area contributed by atoms with Crippen LogP contribution in [-0.2, 0) is 0 Å². The van der Waals surface area contributed by atoms with Gasteiger partial charge in [0.05, 0.1) is 29.5 Å². The lowest BCUT2D eigenvalue weighted by Crippen LogP contribution is -2.26. The number of methoxy groups -OCH3 is 1. The summed E-state index contributed by atoms with van der Waals surface area (Å²) in [4.78, 5) is 44.0. The van der Waals surface area contributed by atoms with Crippen molar-refractivity contribution < 1.29 is 14.3 Å². The zero-order valence-corrected chi connectivity index (χ0v) is 22.8. The Balaban J connectivity index is 1.72. The third-order valence-corrected chi connectivity index (χ3v) is 7.08. The molecule has 0 atom stereocenters. The van der Waals surface area contributed by atoms with Crippen LogP contribution in [0.15, 0.2) is 76.7 Å². The lowest BCUT2D eigenvalue weighted by atomic mass is 10.1. The van der Waals surface area contributed by atoms with E-state index in [1.165, 1.54) is 16.3 Å². The van der Waals surface area contributed by atoms with Crippen molar-refractivity contribution in [2.45, 2.75) is 32.3 Å². The van der Waals surface area contributed by atoms with Gasteiger partial charge in [-0.25, -0.2) is 4.98 Å². The number of hydrogen-bond donors (Lipinski definition) is 1. The fourth-order valence-electron chi connectivity index (χ4n) is 3.89. The first kappa shape index (κ1) is 27.1. The molecule has 4 aromatic rings. The minimum absolute atomic E-state index is 0.0658. The Bertz CT molecular complexity index is 1510. The molecule has 0 aliphatic carbocycles. The zero-order chi connectivity index (χ0) is 27.2. The second-order valence-electron chi connectivity index (χ2n) is 9.48. The van der Waals surface area contributed by atoms with Crippen LogP contribution in [0, 0.1) is 12.8 Å². The average Bonchev–Trinajstić information content (AvgIpc) is 2.91. The van der Waals surface area contributed by atoms with Crippen molar-refractivity contribution in [3.8, 4) is 11.4 Å². The number of benzene rings is 3. The van der Waals surface area contributed by atoms with Gasteiger partial charge in [0.25, 0.3) is 11.5 Å². The van der Waals surface area contributed by atoms with E-state index in [0.717, 1.165) is 12.0 Å². The molecule has 0 radical (unpaired) electrons. The molecule has 3 aromatic carbocycles. The number of nitrogens with zero attached hydrogens (tertiary/aromatic N) is 2. The van der Waals surface area contributed by atoms with Gasteiger partial charge in [0.2, 0.25) is 0 Å². The summed E-state index contributed by atoms with van der Waals surface area (Å²) >= 11 is 1.19. The fourth-order valence-corrected chi connectivity index (χ4v) is 4.80. The standard InChI is InChI=1S/C30H31N3O4S/c1-19(2)15-16-31-28(35)22-9-14-25-26(17-22)32-30(38-18-27(34)21-7-5-20(3)6-8-21)33(29(25)36)23-10-12-24(37-4)13-11-23/h5-14,17,19H,15-16,18H2,1-4H3,(H,31,35). The van der Waals surface area contributed by atoms with Crippen LogP contribution >= 0.6 is 11.8 Å². The Morgan fingerprint density at radius 2 is 1.68 bits per heavy atom. The molecule has 0 saturated heterocycles. The van der Waals surface area contributed by atoms with Crippen molar-refractivity contribution in [2.24, 2.45) is 5.92 Å². The zero-order valence-electron chi connectivity index (χ0n) is 22.0. The SMILES string of the molecule is COc1ccc(-n2c(SCC(=O)c3ccc(C)cc3)nc3cc(C(=O)NCCC(C)C)ccc3c2=O)cc1. The van der Waals surface area contributed by atoms with Crippen molar-refractivity contribution in [1.82, 2.24) is 14.9 Å². The van der Waals surface area contributed by atoms with Crippen LogP contribution < -0.4 is 15.6 Å². The van der Waals surface area contributed by atoms with Crippen LogP contribution in [0.4, 0.5) is 0 Å². The molecule has 0 aliphatic heterocycles. The van der Waals surface area contributed by atoms with Crippen LogP contribution in [0.3, 0.4) is 0 Å². The molecule has 0 bridgehead atoms. The molecule has 38 heavy (non-hydrogen) atoms. The molecule has 1 aromatic heterocycles. The molecule has 0 unspecified atom stereocenters. The summed E-state index contributed by atoms with van der Waals surface area (Å²) < 4.78 is 6.76. The monoisotopic (exact) mass is 529 g/mol. The second-order valence-corrected chi connectivity index (χ2v) is 10.4. The number of nitrogens with one attached hydrogen (secondary N) is 1. The van der Waals surface area contributed by atoms with Crippen LogP contribution in [0.5, 0.6) is 5.75 Å². The Morgan fingerprint density at radius 3 is 2.34 bits per heavy atom. The highest BCUT2D eigenvalue weighted by molar-refractivity contribution is 7.99. The predicted octanol–water partition coefficient (Wildman–Crippen LogP) is 5.45. The average molecular weight is 530 g/mol. The van der Waals surface area contributed by atoms with Crippen LogP contribution in [0.25, 0.3) is 16.6 Å². The maximum atomic E-state index is 13.7. The van der Waals surface area contributed by atoms with Crippen LogP contribution in [0.2, 0.25) is 0 Å². The maximum Gasteiger partial charge on any atom is 0.266 e. The molecule has 0 fully saturated rings. The first-order chi connectivity index (χ1) is 18.3. The first-order valence-electron chi connectivity index (χ1n) is 12.5. The summed E-state index contributed by atoms with van der Waals surface area (Å²) in [6.45, 7) is 6.74. The minimum atomic E-state index is -0.280. The number of ketones is 1. The lowest BCUT2D eigenvalue weighted by molar-refractivity contribution is 0.0951. The highest BCUT2D eigenvalue weighted by atomic mass is 32.2. The van der Waals surface area contributed by atoms with E-state index in [-0.39, 0.29) is 23.0 Å². The highest BCUT2D eigenvalue weighted by Gasteiger charge is 2.17. The van der Waals surface area contributed by atoms with Gasteiger partial charge in [-0.05, 0) is 61.7 Å². The summed E-state index contributed by atoms with van der Waals surface area (Å²) in [6, 6.07) is 19.4. The summed E-state index contributed by atoms with van der Waals surface area (Å²) in [6.07, 6.45) is 0.875. The van der Waals surface area contributed by atoms with E-state index in [1.807, 2.05) is 19.1 Å². The van der Waals surface area contributed by atoms with Gasteiger partial charge >= 0.3 is 0 Å². The highest BCUT2D eigenvalue weighted by Crippen LogP contribution is 2.24. The van der Waals surface area contributed by atoms with Crippen LogP contribution in [-0.4, -0.2) is 40.6 Å². The van der Waals surface area contributed by atoms with E-state index >= 15 is 0 Å². The number of aromatic nitrogens is 2. The maximum absolute atomic E-state index is 13.7. The molecule has 7 nitrogen and oxygen atoms in total. The van der Waals surface area contributed by atoms with Gasteiger partial charge in [-0.3, -0.25) is 19.0 Å². The van der Waals surface area contributed by atoms with E-state index in [1.54, 1.807) is 61.7 Å². The van der Waals surface area contributed by atoms with Gasteiger partial charge < -0.3 is 10.1 Å². The number of carbonyl (C=O) groups is 2. The summed E-state index contributed by atoms with van der Waals surface area (Å²) in [5.74, 6) is 0.966. The number of aryl methyl sites for hydroxylation is 1. The number of ether oxygens (including phenoxy) is 1. The molecule has 1 N–H and O–H groups in total. The Labute approximate surface area is 226 Å². The molecule has 1 heterocycles. The Kier molecular flexibility index (Phi) is 8.63. The van der Waals surface area contributed by atoms with Crippen molar-refractivity contribution in [3.05, 3.63) is 93.8 Å². The number of hydrogen-bond acceptors (Lipinski definition) is 6. The van der Waals surface area contributed by atoms with Gasteiger partial charge in [-0.1, -0.05) is 55.4 Å². The largest absolute Gasteiger partial charge is 0.497 e. The Hall–Kier alpha value is -3.91. The molecular weight excluding hydrogens is 498 g/mol. The number of carbonyl (C=O) groups excluding carboxylic acids is 2. The minimum Gasteiger partial charge on any atom is -0.497 e. The molecule has 0 aliphatic rings. The van der Waals surface area contributed by atoms with Gasteiger partial charge in [-0.2, -0.15) is 0 Å². The van der Waals surface area contributed by atoms with Crippen LogP contribution in [0.1, 0.15) is 46.5 Å². The molecule has 0 saturated carbocycles. The summed E-state index contributed by atoms with van der Waals surface area (Å²) in [5.41, 5.74) is 2.83. The number of Topliss-reactive ketones (excluding diaryl/α,β-unsaturated/α-hetero) is 1. The quantitative estimate of drug-likeness (QED) is 0.167. The molecule has 196 valence electrons. The van der Waals surface area contributed by atoms with E-state index in [2.05, 4.69) is 19.2 Å². The van der Waals surface area contributed by atoms with Gasteiger partial charge in [-0.15, -0.1) is 0 Å². The Morgan fingerprint density at radius 1 is 1.00 bits per heavy atom. The van der Waals surface area contributed by atoms with E-state index in [9.17, 15) is 14.4 Å². The van der Waals surface area contributed by atoms with E-state index < -0.39 is 0 Å². The fraction of sp³-hybridized carbons (Fsp3) is 0.267. The van der Waals surface area contributed by atoms with Crippen molar-refractivity contribution in [3.63, 3.8) is 0 Å². The van der Waals surface area contributed by atoms with Gasteiger partial charge in [0.15, 0.2) is 10.9 Å². The number of amides is 1. The smallest absolute Gasteiger partial charge is 0.266 e. The molecule has 4 rings (SSSR count). The third-order valence-electron chi connectivity index (χ3n) is 6.14. The third kappa shape index (κ3) is 6.31. The number of rotatable bonds is 10. The lowest BCUT2D eigenvalue weighted by Gasteiger charge is -2.14. The normalized spacial score (nSPS) is 11.1. The molecule has 1 amide bonds. The summed E-state index contributed by atoms with van der Waals surface area (Å²) in [7, 11) is 1.58. The van der Waals surface area contributed by atoms with Gasteiger partial charge in [0, 0.05) is 17.7 Å². The van der Waals surface area contributed by atoms with E-state index in [4.69, 9.17) is 9.72 Å². The predicted molar refractivity (Wildman–Crippen MR) is 152 cm³/mol. The second kappa shape index (κ2) is 12.1. The number of thioether (sulfide) groups is 1. The van der Waals surface area contributed by atoms with Crippen molar-refractivity contribution >= 4 is 34.4 Å². The van der Waals surface area contributed by atoms with E-state index in [0.29, 0.717) is 51.1 Å². The van der Waals surface area contributed by atoms with Gasteiger partial charge in [0.1, 0.15) is 5.75 Å². The molecule has 0 spiro atoms. The first-order valence-corrected chi connectivity index (χ1v) is 13.5. The molecule has 8 heteroatoms. The van der Waals surface area contributed by atoms with Crippen molar-refractivity contribution in [2.75, 3.05) is 19.4 Å². The summed E-state index contributed by atoms with van der Waals surface area (Å²) in [5, 5.41) is 3.67. The molecular formula is C30H31N3O4S. The topological polar surface area (TPSA) is 90.3 Å².